The fraction of sp³-hybridized carbons (Fsp3) is 0. The molecule has 0 unspecified atom stereocenters. The molecule has 5 heteroatoms. The summed E-state index contributed by atoms with van der Waals surface area (Å²) in [6.07, 6.45) is 0. The van der Waals surface area contributed by atoms with Crippen molar-refractivity contribution in [2.75, 3.05) is 0 Å². The fourth-order valence-corrected chi connectivity index (χ4v) is 3.12. The Kier molecular flexibility index (Phi) is 3.77. The Balaban J connectivity index is 0.00000157. The van der Waals surface area contributed by atoms with Crippen molar-refractivity contribution >= 4 is 32.0 Å². The van der Waals surface area contributed by atoms with Crippen molar-refractivity contribution in [2.45, 2.75) is 0 Å². The molecule has 1 aliphatic heterocycles. The van der Waals surface area contributed by atoms with Crippen molar-refractivity contribution in [3.05, 3.63) is 78.9 Å². The zero-order valence-corrected chi connectivity index (χ0v) is 13.4. The zero-order chi connectivity index (χ0) is 15.9. The van der Waals surface area contributed by atoms with Gasteiger partial charge in [0.1, 0.15) is 22.8 Å². The van der Waals surface area contributed by atoms with Gasteiger partial charge >= 0.3 is 7.12 Å². The Bertz CT molecular complexity index is 1000. The third kappa shape index (κ3) is 2.49. The smallest absolute Gasteiger partial charge is 0.519 e. The second-order valence-corrected chi connectivity index (χ2v) is 5.72. The highest BCUT2D eigenvalue weighted by Crippen LogP contribution is 2.35. The molecule has 4 aromatic rings. The Morgan fingerprint density at radius 3 is 1.96 bits per heavy atom. The summed E-state index contributed by atoms with van der Waals surface area (Å²) in [5, 5.41) is 1.01. The number of fused-ring (bicyclic) bond motifs is 2. The van der Waals surface area contributed by atoms with Crippen molar-refractivity contribution in [2.24, 2.45) is 0 Å². The summed E-state index contributed by atoms with van der Waals surface area (Å²) in [5.74, 6) is 2.30. The average molecular weight is 323 g/mol. The number of rotatable bonds is 2. The lowest BCUT2D eigenvalue weighted by molar-refractivity contribution is 0.518. The van der Waals surface area contributed by atoms with Gasteiger partial charge < -0.3 is 13.7 Å². The van der Waals surface area contributed by atoms with Gasteiger partial charge in [-0.2, -0.15) is 0 Å². The molecule has 117 valence electrons. The van der Waals surface area contributed by atoms with Crippen LogP contribution in [0.3, 0.4) is 0 Å². The number of furan rings is 1. The van der Waals surface area contributed by atoms with Crippen molar-refractivity contribution in [3.8, 4) is 22.8 Å². The second-order valence-electron chi connectivity index (χ2n) is 5.72. The summed E-state index contributed by atoms with van der Waals surface area (Å²) in [4.78, 5) is 0. The maximum absolute atomic E-state index is 6.14. The van der Waals surface area contributed by atoms with Crippen molar-refractivity contribution < 1.29 is 13.7 Å². The lowest BCUT2D eigenvalue weighted by atomic mass is 9.76. The normalized spacial score (nSPS) is 12.2. The molecule has 0 spiro atoms. The monoisotopic (exact) mass is 323 g/mol. The van der Waals surface area contributed by atoms with Gasteiger partial charge in [0.25, 0.3) is 0 Å². The highest BCUT2D eigenvalue weighted by molar-refractivity contribution is 6.68. The lowest BCUT2D eigenvalue weighted by Gasteiger charge is -2.06. The van der Waals surface area contributed by atoms with Crippen LogP contribution in [0.15, 0.2) is 83.3 Å². The molecule has 1 aliphatic rings. The molecule has 3 radical (unpaired) electrons. The standard InChI is InChI=1S/C20H13BO3.B/c1-2-8-14(9-3-1)20-19(15-10-4-5-11-16(15)22-20)21-23-17-12-6-7-13-18(17)24-21;/h1-13H;. The van der Waals surface area contributed by atoms with E-state index in [-0.39, 0.29) is 8.41 Å². The summed E-state index contributed by atoms with van der Waals surface area (Å²) in [6.45, 7) is 0. The average Bonchev–Trinajstić information content (AvgIpc) is 3.23. The molecule has 3 aromatic carbocycles. The number of hydrogen-bond donors (Lipinski definition) is 0. The van der Waals surface area contributed by atoms with E-state index in [0.717, 1.165) is 39.3 Å². The van der Waals surface area contributed by atoms with Crippen molar-refractivity contribution in [3.63, 3.8) is 0 Å². The van der Waals surface area contributed by atoms with Gasteiger partial charge in [0.2, 0.25) is 0 Å². The summed E-state index contributed by atoms with van der Waals surface area (Å²) >= 11 is 0. The van der Waals surface area contributed by atoms with E-state index in [2.05, 4.69) is 0 Å². The van der Waals surface area contributed by atoms with E-state index in [1.165, 1.54) is 0 Å². The number of hydrogen-bond acceptors (Lipinski definition) is 3. The molecule has 0 fully saturated rings. The zero-order valence-electron chi connectivity index (χ0n) is 13.4. The maximum Gasteiger partial charge on any atom is 0.637 e. The van der Waals surface area contributed by atoms with E-state index in [1.54, 1.807) is 0 Å². The second kappa shape index (κ2) is 6.10. The topological polar surface area (TPSA) is 31.6 Å². The van der Waals surface area contributed by atoms with E-state index in [9.17, 15) is 0 Å². The molecule has 0 saturated heterocycles. The van der Waals surface area contributed by atoms with Crippen molar-refractivity contribution in [1.29, 1.82) is 0 Å². The van der Waals surface area contributed by atoms with Gasteiger partial charge in [-0.3, -0.25) is 0 Å². The van der Waals surface area contributed by atoms with E-state index < -0.39 is 7.12 Å². The molecule has 0 saturated carbocycles. The predicted octanol–water partition coefficient (Wildman–Crippen LogP) is 3.89. The van der Waals surface area contributed by atoms with E-state index in [4.69, 9.17) is 13.7 Å². The van der Waals surface area contributed by atoms with Crippen LogP contribution in [-0.4, -0.2) is 15.5 Å². The van der Waals surface area contributed by atoms with Gasteiger partial charge in [-0.25, -0.2) is 0 Å². The van der Waals surface area contributed by atoms with E-state index in [0.29, 0.717) is 0 Å². The highest BCUT2D eigenvalue weighted by atomic mass is 16.6. The van der Waals surface area contributed by atoms with Crippen LogP contribution >= 0.6 is 0 Å². The van der Waals surface area contributed by atoms with Crippen LogP contribution in [0.2, 0.25) is 0 Å². The first kappa shape index (κ1) is 15.5. The Morgan fingerprint density at radius 1 is 0.640 bits per heavy atom. The molecular weight excluding hydrogens is 310 g/mol. The largest absolute Gasteiger partial charge is 0.637 e. The molecule has 0 N–H and O–H groups in total. The highest BCUT2D eigenvalue weighted by Gasteiger charge is 2.39. The Morgan fingerprint density at radius 2 is 1.24 bits per heavy atom. The summed E-state index contributed by atoms with van der Waals surface area (Å²) in [5.41, 5.74) is 2.76. The molecular formula is C20H13B2O3. The van der Waals surface area contributed by atoms with Crippen LogP contribution in [0.25, 0.3) is 22.3 Å². The molecule has 0 aliphatic carbocycles. The van der Waals surface area contributed by atoms with Gasteiger partial charge in [-0.1, -0.05) is 60.7 Å². The Labute approximate surface area is 147 Å². The van der Waals surface area contributed by atoms with Gasteiger partial charge in [-0.05, 0) is 18.2 Å². The number of benzene rings is 3. The van der Waals surface area contributed by atoms with E-state index in [1.807, 2.05) is 78.9 Å². The molecule has 25 heavy (non-hydrogen) atoms. The molecule has 0 bridgehead atoms. The first-order valence-electron chi connectivity index (χ1n) is 7.89. The molecule has 2 heterocycles. The lowest BCUT2D eigenvalue weighted by Crippen LogP contribution is -2.39. The third-order valence-electron chi connectivity index (χ3n) is 4.22. The van der Waals surface area contributed by atoms with Gasteiger partial charge in [0.15, 0.2) is 0 Å². The molecule has 0 amide bonds. The number of para-hydroxylation sites is 3. The van der Waals surface area contributed by atoms with Crippen molar-refractivity contribution in [1.82, 2.24) is 0 Å². The van der Waals surface area contributed by atoms with E-state index >= 15 is 0 Å². The van der Waals surface area contributed by atoms with Gasteiger partial charge in [0, 0.05) is 19.4 Å². The first-order valence-corrected chi connectivity index (χ1v) is 7.89. The third-order valence-corrected chi connectivity index (χ3v) is 4.22. The minimum absolute atomic E-state index is 0. The minimum atomic E-state index is -0.513. The van der Waals surface area contributed by atoms with Crippen LogP contribution in [0.1, 0.15) is 0 Å². The maximum atomic E-state index is 6.14. The van der Waals surface area contributed by atoms with Crippen LogP contribution in [0, 0.1) is 0 Å². The predicted molar refractivity (Wildman–Crippen MR) is 100 cm³/mol. The molecule has 1 aromatic heterocycles. The van der Waals surface area contributed by atoms with Crippen LogP contribution in [0.5, 0.6) is 11.5 Å². The summed E-state index contributed by atoms with van der Waals surface area (Å²) in [7, 11) is -0.513. The first-order chi connectivity index (χ1) is 11.9. The van der Waals surface area contributed by atoms with Gasteiger partial charge in [-0.15, -0.1) is 0 Å². The fourth-order valence-electron chi connectivity index (χ4n) is 3.12. The quantitative estimate of drug-likeness (QED) is 0.525. The minimum Gasteiger partial charge on any atom is -0.519 e. The molecule has 3 nitrogen and oxygen atoms in total. The Hall–Kier alpha value is -3.07. The SMILES string of the molecule is [B].c1ccc(-c2oc3ccccc3c2B2Oc3ccccc3O2)cc1. The van der Waals surface area contributed by atoms with Gasteiger partial charge in [0.05, 0.1) is 5.46 Å². The molecule has 5 rings (SSSR count). The molecule has 0 atom stereocenters. The van der Waals surface area contributed by atoms with Crippen LogP contribution in [0.4, 0.5) is 0 Å². The summed E-state index contributed by atoms with van der Waals surface area (Å²) < 4.78 is 18.2. The summed E-state index contributed by atoms with van der Waals surface area (Å²) in [6, 6.07) is 25.7. The van der Waals surface area contributed by atoms with Crippen LogP contribution < -0.4 is 14.8 Å². The van der Waals surface area contributed by atoms with Crippen LogP contribution in [-0.2, 0) is 0 Å².